The predicted octanol–water partition coefficient (Wildman–Crippen LogP) is 2.91. The second-order valence-corrected chi connectivity index (χ2v) is 8.20. The largest absolute Gasteiger partial charge is 0.388 e. The molecule has 1 saturated heterocycles. The summed E-state index contributed by atoms with van der Waals surface area (Å²) in [7, 11) is 0. The van der Waals surface area contributed by atoms with Crippen molar-refractivity contribution in [1.82, 2.24) is 4.98 Å². The van der Waals surface area contributed by atoms with Gasteiger partial charge in [0, 0.05) is 13.1 Å². The van der Waals surface area contributed by atoms with E-state index in [-0.39, 0.29) is 17.3 Å². The lowest BCUT2D eigenvalue weighted by Crippen LogP contribution is -2.57. The van der Waals surface area contributed by atoms with E-state index in [4.69, 9.17) is 9.72 Å². The number of aryl methyl sites for hydroxylation is 1. The van der Waals surface area contributed by atoms with Gasteiger partial charge in [-0.15, -0.1) is 0 Å². The standard InChI is InChI=1S/C15H24N2O2S/c1-14(2)8-17(9-15(3,4)19-14)13-16-10-6-5-7-11(18)12(10)20-13/h11,18H,5-9H2,1-4H3. The minimum absolute atomic E-state index is 0.174. The monoisotopic (exact) mass is 296 g/mol. The Labute approximate surface area is 124 Å². The molecule has 2 heterocycles. The molecule has 1 N–H and O–H groups in total. The van der Waals surface area contributed by atoms with Crippen LogP contribution in [0.5, 0.6) is 0 Å². The number of anilines is 1. The lowest BCUT2D eigenvalue weighted by Gasteiger charge is -2.47. The van der Waals surface area contributed by atoms with Crippen LogP contribution in [-0.4, -0.2) is 34.4 Å². The Balaban J connectivity index is 1.89. The molecule has 0 saturated carbocycles. The molecule has 4 nitrogen and oxygen atoms in total. The zero-order chi connectivity index (χ0) is 14.5. The molecule has 5 heteroatoms. The van der Waals surface area contributed by atoms with Gasteiger partial charge in [-0.2, -0.15) is 0 Å². The molecular formula is C15H24N2O2S. The number of aliphatic hydroxyl groups is 1. The van der Waals surface area contributed by atoms with E-state index in [1.807, 2.05) is 0 Å². The summed E-state index contributed by atoms with van der Waals surface area (Å²) >= 11 is 1.66. The molecule has 1 aromatic heterocycles. The third-order valence-corrected chi connectivity index (χ3v) is 5.14. The zero-order valence-corrected chi connectivity index (χ0v) is 13.6. The SMILES string of the molecule is CC1(C)CN(c2nc3c(s2)C(O)CCC3)CC(C)(C)O1. The summed E-state index contributed by atoms with van der Waals surface area (Å²) in [6, 6.07) is 0. The van der Waals surface area contributed by atoms with Crippen molar-refractivity contribution in [2.75, 3.05) is 18.0 Å². The summed E-state index contributed by atoms with van der Waals surface area (Å²) in [5.41, 5.74) is 0.755. The van der Waals surface area contributed by atoms with Gasteiger partial charge in [0.25, 0.3) is 0 Å². The number of aliphatic hydroxyl groups excluding tert-OH is 1. The number of aromatic nitrogens is 1. The maximum atomic E-state index is 10.1. The Morgan fingerprint density at radius 1 is 1.25 bits per heavy atom. The number of hydrogen-bond donors (Lipinski definition) is 1. The average molecular weight is 296 g/mol. The molecule has 112 valence electrons. The molecule has 0 amide bonds. The smallest absolute Gasteiger partial charge is 0.186 e. The summed E-state index contributed by atoms with van der Waals surface area (Å²) in [6.45, 7) is 10.2. The molecule has 0 aromatic carbocycles. The summed E-state index contributed by atoms with van der Waals surface area (Å²) in [4.78, 5) is 8.18. The molecule has 3 rings (SSSR count). The van der Waals surface area contributed by atoms with Crippen LogP contribution in [0, 0.1) is 0 Å². The van der Waals surface area contributed by atoms with Crippen LogP contribution in [0.15, 0.2) is 0 Å². The number of rotatable bonds is 1. The number of morpholine rings is 1. The highest BCUT2D eigenvalue weighted by Crippen LogP contribution is 2.40. The first-order valence-electron chi connectivity index (χ1n) is 7.39. The molecule has 1 aromatic rings. The Kier molecular flexibility index (Phi) is 3.35. The van der Waals surface area contributed by atoms with Crippen molar-refractivity contribution in [3.8, 4) is 0 Å². The van der Waals surface area contributed by atoms with Gasteiger partial charge in [-0.05, 0) is 47.0 Å². The molecule has 0 bridgehead atoms. The Hall–Kier alpha value is -0.650. The predicted molar refractivity (Wildman–Crippen MR) is 81.5 cm³/mol. The minimum atomic E-state index is -0.313. The molecule has 1 unspecified atom stereocenters. The highest BCUT2D eigenvalue weighted by molar-refractivity contribution is 7.15. The highest BCUT2D eigenvalue weighted by Gasteiger charge is 2.39. The van der Waals surface area contributed by atoms with Crippen LogP contribution in [0.1, 0.15) is 57.2 Å². The second-order valence-electron chi connectivity index (χ2n) is 7.19. The molecule has 0 spiro atoms. The van der Waals surface area contributed by atoms with Gasteiger partial charge in [-0.3, -0.25) is 0 Å². The lowest BCUT2D eigenvalue weighted by atomic mass is 9.99. The molecule has 20 heavy (non-hydrogen) atoms. The van der Waals surface area contributed by atoms with Crippen LogP contribution in [0.25, 0.3) is 0 Å². The molecule has 1 atom stereocenters. The maximum absolute atomic E-state index is 10.1. The van der Waals surface area contributed by atoms with Crippen LogP contribution in [0.4, 0.5) is 5.13 Å². The summed E-state index contributed by atoms with van der Waals surface area (Å²) in [5, 5.41) is 11.1. The van der Waals surface area contributed by atoms with Gasteiger partial charge in [0.2, 0.25) is 0 Å². The first kappa shape index (κ1) is 14.3. The maximum Gasteiger partial charge on any atom is 0.186 e. The van der Waals surface area contributed by atoms with Crippen molar-refractivity contribution in [2.24, 2.45) is 0 Å². The number of nitrogens with zero attached hydrogens (tertiary/aromatic N) is 2. The normalized spacial score (nSPS) is 28.2. The fourth-order valence-corrected chi connectivity index (χ4v) is 4.57. The topological polar surface area (TPSA) is 45.6 Å². The van der Waals surface area contributed by atoms with Crippen LogP contribution in [0.2, 0.25) is 0 Å². The van der Waals surface area contributed by atoms with Gasteiger partial charge in [0.05, 0.1) is 27.9 Å². The van der Waals surface area contributed by atoms with Crippen molar-refractivity contribution in [3.05, 3.63) is 10.6 Å². The highest BCUT2D eigenvalue weighted by atomic mass is 32.1. The van der Waals surface area contributed by atoms with E-state index in [1.54, 1.807) is 11.3 Å². The lowest BCUT2D eigenvalue weighted by molar-refractivity contribution is -0.133. The number of ether oxygens (including phenoxy) is 1. The van der Waals surface area contributed by atoms with Gasteiger partial charge in [0.1, 0.15) is 0 Å². The van der Waals surface area contributed by atoms with Crippen molar-refractivity contribution in [2.45, 2.75) is 64.3 Å². The van der Waals surface area contributed by atoms with Gasteiger partial charge >= 0.3 is 0 Å². The van der Waals surface area contributed by atoms with Gasteiger partial charge in [-0.1, -0.05) is 11.3 Å². The minimum Gasteiger partial charge on any atom is -0.388 e. The van der Waals surface area contributed by atoms with E-state index in [1.165, 1.54) is 0 Å². The number of hydrogen-bond acceptors (Lipinski definition) is 5. The van der Waals surface area contributed by atoms with Crippen molar-refractivity contribution in [1.29, 1.82) is 0 Å². The Morgan fingerprint density at radius 3 is 2.50 bits per heavy atom. The molecule has 1 aliphatic heterocycles. The van der Waals surface area contributed by atoms with E-state index >= 15 is 0 Å². The van der Waals surface area contributed by atoms with Crippen LogP contribution in [0.3, 0.4) is 0 Å². The molecule has 0 radical (unpaired) electrons. The fourth-order valence-electron chi connectivity index (χ4n) is 3.44. The van der Waals surface area contributed by atoms with E-state index < -0.39 is 0 Å². The fraction of sp³-hybridized carbons (Fsp3) is 0.800. The molecular weight excluding hydrogens is 272 g/mol. The summed E-state index contributed by atoms with van der Waals surface area (Å²) in [6.07, 6.45) is 2.60. The number of fused-ring (bicyclic) bond motifs is 1. The van der Waals surface area contributed by atoms with Crippen molar-refractivity contribution >= 4 is 16.5 Å². The quantitative estimate of drug-likeness (QED) is 0.865. The van der Waals surface area contributed by atoms with Crippen LogP contribution >= 0.6 is 11.3 Å². The van der Waals surface area contributed by atoms with Crippen molar-refractivity contribution in [3.63, 3.8) is 0 Å². The molecule has 1 fully saturated rings. The first-order valence-corrected chi connectivity index (χ1v) is 8.20. The van der Waals surface area contributed by atoms with E-state index in [9.17, 15) is 5.11 Å². The summed E-state index contributed by atoms with van der Waals surface area (Å²) < 4.78 is 6.12. The van der Waals surface area contributed by atoms with Crippen LogP contribution < -0.4 is 4.90 Å². The zero-order valence-electron chi connectivity index (χ0n) is 12.8. The second kappa shape index (κ2) is 4.68. The third-order valence-electron chi connectivity index (χ3n) is 3.88. The first-order chi connectivity index (χ1) is 9.26. The number of thiazole rings is 1. The molecule has 2 aliphatic rings. The average Bonchev–Trinajstić information content (AvgIpc) is 2.70. The third kappa shape index (κ3) is 2.71. The van der Waals surface area contributed by atoms with E-state index in [0.717, 1.165) is 48.1 Å². The summed E-state index contributed by atoms with van der Waals surface area (Å²) in [5.74, 6) is 0. The van der Waals surface area contributed by atoms with Gasteiger partial charge in [0.15, 0.2) is 5.13 Å². The Bertz CT molecular complexity index is 494. The van der Waals surface area contributed by atoms with Gasteiger partial charge in [-0.25, -0.2) is 4.98 Å². The Morgan fingerprint density at radius 2 is 1.90 bits per heavy atom. The van der Waals surface area contributed by atoms with Crippen molar-refractivity contribution < 1.29 is 9.84 Å². The van der Waals surface area contributed by atoms with E-state index in [2.05, 4.69) is 32.6 Å². The van der Waals surface area contributed by atoms with Crippen LogP contribution in [-0.2, 0) is 11.2 Å². The van der Waals surface area contributed by atoms with Gasteiger partial charge < -0.3 is 14.7 Å². The molecule has 1 aliphatic carbocycles. The van der Waals surface area contributed by atoms with E-state index in [0.29, 0.717) is 0 Å².